The molecule has 1 unspecified atom stereocenters. The number of hydrogen-bond acceptors (Lipinski definition) is 4. The summed E-state index contributed by atoms with van der Waals surface area (Å²) in [6.45, 7) is 0.843. The van der Waals surface area contributed by atoms with Gasteiger partial charge in [0.1, 0.15) is 30.8 Å². The van der Waals surface area contributed by atoms with Crippen molar-refractivity contribution in [2.45, 2.75) is 19.3 Å². The van der Waals surface area contributed by atoms with E-state index in [1.807, 2.05) is 91.0 Å². The minimum absolute atomic E-state index is 0.389. The van der Waals surface area contributed by atoms with Gasteiger partial charge in [-0.3, -0.25) is 0 Å². The van der Waals surface area contributed by atoms with E-state index in [4.69, 9.17) is 15.2 Å². The SMILES string of the molecule is Nc1cccc(C(O)c2ccc(OCc3ccccc3)cc2OCc2ccccc2)c1. The third-order valence-electron chi connectivity index (χ3n) is 4.99. The van der Waals surface area contributed by atoms with E-state index in [9.17, 15) is 5.11 Å². The molecule has 4 heteroatoms. The molecule has 31 heavy (non-hydrogen) atoms. The lowest BCUT2D eigenvalue weighted by atomic mass is 10.00. The third kappa shape index (κ3) is 5.44. The molecular weight excluding hydrogens is 386 g/mol. The Labute approximate surface area is 182 Å². The van der Waals surface area contributed by atoms with Crippen molar-refractivity contribution in [1.82, 2.24) is 0 Å². The van der Waals surface area contributed by atoms with Crippen LogP contribution in [-0.4, -0.2) is 5.11 Å². The van der Waals surface area contributed by atoms with E-state index in [2.05, 4.69) is 0 Å². The van der Waals surface area contributed by atoms with E-state index in [1.165, 1.54) is 0 Å². The number of aliphatic hydroxyl groups excluding tert-OH is 1. The zero-order valence-corrected chi connectivity index (χ0v) is 17.1. The van der Waals surface area contributed by atoms with E-state index in [1.54, 1.807) is 12.1 Å². The van der Waals surface area contributed by atoms with Gasteiger partial charge >= 0.3 is 0 Å². The Morgan fingerprint density at radius 1 is 0.677 bits per heavy atom. The molecule has 3 N–H and O–H groups in total. The van der Waals surface area contributed by atoms with Gasteiger partial charge in [-0.25, -0.2) is 0 Å². The monoisotopic (exact) mass is 411 g/mol. The number of ether oxygens (including phenoxy) is 2. The maximum absolute atomic E-state index is 11.0. The molecule has 0 aliphatic carbocycles. The number of aliphatic hydroxyl groups is 1. The molecule has 0 bridgehead atoms. The average molecular weight is 412 g/mol. The Balaban J connectivity index is 1.59. The van der Waals surface area contributed by atoms with E-state index >= 15 is 0 Å². The number of anilines is 1. The van der Waals surface area contributed by atoms with E-state index in [-0.39, 0.29) is 0 Å². The third-order valence-corrected chi connectivity index (χ3v) is 4.99. The summed E-state index contributed by atoms with van der Waals surface area (Å²) in [7, 11) is 0. The number of benzene rings is 4. The van der Waals surface area contributed by atoms with Gasteiger partial charge in [-0.2, -0.15) is 0 Å². The number of hydrogen-bond donors (Lipinski definition) is 2. The highest BCUT2D eigenvalue weighted by atomic mass is 16.5. The largest absolute Gasteiger partial charge is 0.489 e. The van der Waals surface area contributed by atoms with Crippen molar-refractivity contribution in [3.8, 4) is 11.5 Å². The lowest BCUT2D eigenvalue weighted by Gasteiger charge is -2.18. The van der Waals surface area contributed by atoms with Crippen LogP contribution in [0.25, 0.3) is 0 Å². The normalized spacial score (nSPS) is 11.6. The highest BCUT2D eigenvalue weighted by Crippen LogP contribution is 2.34. The van der Waals surface area contributed by atoms with Gasteiger partial charge in [0.25, 0.3) is 0 Å². The predicted octanol–water partition coefficient (Wildman–Crippen LogP) is 5.51. The molecule has 0 aliphatic heterocycles. The first-order chi connectivity index (χ1) is 15.2. The van der Waals surface area contributed by atoms with Crippen LogP contribution in [0.15, 0.2) is 103 Å². The Morgan fingerprint density at radius 3 is 1.97 bits per heavy atom. The van der Waals surface area contributed by atoms with Crippen LogP contribution in [0.2, 0.25) is 0 Å². The van der Waals surface area contributed by atoms with Crippen molar-refractivity contribution in [3.05, 3.63) is 125 Å². The van der Waals surface area contributed by atoms with Gasteiger partial charge in [-0.1, -0.05) is 72.8 Å². The summed E-state index contributed by atoms with van der Waals surface area (Å²) in [5.41, 5.74) is 10.0. The summed E-state index contributed by atoms with van der Waals surface area (Å²) < 4.78 is 12.1. The Bertz CT molecular complexity index is 1110. The summed E-state index contributed by atoms with van der Waals surface area (Å²) in [6.07, 6.45) is -0.863. The van der Waals surface area contributed by atoms with Crippen LogP contribution in [0.5, 0.6) is 11.5 Å². The van der Waals surface area contributed by atoms with Crippen LogP contribution in [0.4, 0.5) is 5.69 Å². The van der Waals surface area contributed by atoms with E-state index in [0.717, 1.165) is 11.1 Å². The predicted molar refractivity (Wildman–Crippen MR) is 123 cm³/mol. The molecule has 4 aromatic rings. The minimum atomic E-state index is -0.863. The fourth-order valence-corrected chi connectivity index (χ4v) is 3.34. The van der Waals surface area contributed by atoms with Crippen molar-refractivity contribution >= 4 is 5.69 Å². The summed E-state index contributed by atoms with van der Waals surface area (Å²) in [5.74, 6) is 1.25. The average Bonchev–Trinajstić information content (AvgIpc) is 2.82. The summed E-state index contributed by atoms with van der Waals surface area (Å²) in [5, 5.41) is 11.0. The molecule has 4 aromatic carbocycles. The number of nitrogen functional groups attached to an aromatic ring is 1. The Hall–Kier alpha value is -3.76. The first-order valence-corrected chi connectivity index (χ1v) is 10.2. The van der Waals surface area contributed by atoms with Crippen molar-refractivity contribution in [2.24, 2.45) is 0 Å². The van der Waals surface area contributed by atoms with Crippen LogP contribution >= 0.6 is 0 Å². The van der Waals surface area contributed by atoms with Gasteiger partial charge < -0.3 is 20.3 Å². The van der Waals surface area contributed by atoms with Gasteiger partial charge in [0.2, 0.25) is 0 Å². The van der Waals surface area contributed by atoms with Gasteiger partial charge in [-0.15, -0.1) is 0 Å². The summed E-state index contributed by atoms with van der Waals surface area (Å²) in [4.78, 5) is 0. The molecule has 4 nitrogen and oxygen atoms in total. The molecule has 0 saturated heterocycles. The van der Waals surface area contributed by atoms with Crippen LogP contribution in [-0.2, 0) is 13.2 Å². The molecule has 0 spiro atoms. The van der Waals surface area contributed by atoms with Crippen molar-refractivity contribution in [1.29, 1.82) is 0 Å². The first kappa shape index (κ1) is 20.5. The minimum Gasteiger partial charge on any atom is -0.489 e. The highest BCUT2D eigenvalue weighted by molar-refractivity contribution is 5.48. The fraction of sp³-hybridized carbons (Fsp3) is 0.111. The maximum Gasteiger partial charge on any atom is 0.129 e. The molecular formula is C27H25NO3. The van der Waals surface area contributed by atoms with Crippen LogP contribution in [0, 0.1) is 0 Å². The molecule has 0 saturated carbocycles. The smallest absolute Gasteiger partial charge is 0.129 e. The molecule has 0 heterocycles. The molecule has 4 rings (SSSR count). The molecule has 0 amide bonds. The zero-order chi connectivity index (χ0) is 21.5. The first-order valence-electron chi connectivity index (χ1n) is 10.2. The zero-order valence-electron chi connectivity index (χ0n) is 17.1. The Morgan fingerprint density at radius 2 is 1.32 bits per heavy atom. The second-order valence-corrected chi connectivity index (χ2v) is 7.32. The van der Waals surface area contributed by atoms with Gasteiger partial charge in [0, 0.05) is 17.3 Å². The summed E-state index contributed by atoms with van der Waals surface area (Å²) >= 11 is 0. The second-order valence-electron chi connectivity index (χ2n) is 7.32. The Kier molecular flexibility index (Phi) is 6.50. The van der Waals surface area contributed by atoms with E-state index in [0.29, 0.717) is 41.5 Å². The fourth-order valence-electron chi connectivity index (χ4n) is 3.34. The summed E-state index contributed by atoms with van der Waals surface area (Å²) in [6, 6.07) is 32.7. The molecule has 156 valence electrons. The highest BCUT2D eigenvalue weighted by Gasteiger charge is 2.17. The van der Waals surface area contributed by atoms with Crippen molar-refractivity contribution in [3.63, 3.8) is 0 Å². The topological polar surface area (TPSA) is 64.7 Å². The van der Waals surface area contributed by atoms with Crippen LogP contribution in [0.1, 0.15) is 28.4 Å². The molecule has 0 aliphatic rings. The molecule has 1 atom stereocenters. The number of nitrogens with two attached hydrogens (primary N) is 1. The van der Waals surface area contributed by atoms with Crippen LogP contribution in [0.3, 0.4) is 0 Å². The van der Waals surface area contributed by atoms with Crippen molar-refractivity contribution in [2.75, 3.05) is 5.73 Å². The molecule has 0 fully saturated rings. The molecule has 0 aromatic heterocycles. The van der Waals surface area contributed by atoms with Gasteiger partial charge in [-0.05, 0) is 41.0 Å². The van der Waals surface area contributed by atoms with Crippen LogP contribution < -0.4 is 15.2 Å². The number of rotatable bonds is 8. The lowest BCUT2D eigenvalue weighted by Crippen LogP contribution is -2.06. The second kappa shape index (κ2) is 9.83. The van der Waals surface area contributed by atoms with Crippen molar-refractivity contribution < 1.29 is 14.6 Å². The molecule has 0 radical (unpaired) electrons. The maximum atomic E-state index is 11.0. The van der Waals surface area contributed by atoms with E-state index < -0.39 is 6.10 Å². The van der Waals surface area contributed by atoms with Gasteiger partial charge in [0.15, 0.2) is 0 Å². The lowest BCUT2D eigenvalue weighted by molar-refractivity contribution is 0.208. The quantitative estimate of drug-likeness (QED) is 0.375. The van der Waals surface area contributed by atoms with Gasteiger partial charge in [0.05, 0.1) is 0 Å². The standard InChI is InChI=1S/C27H25NO3/c28-23-13-7-12-22(16-23)27(29)25-15-14-24(30-18-20-8-3-1-4-9-20)17-26(25)31-19-21-10-5-2-6-11-21/h1-17,27,29H,18-19,28H2.